The molecule has 0 bridgehead atoms. The predicted molar refractivity (Wildman–Crippen MR) is 128 cm³/mol. The zero-order valence-corrected chi connectivity index (χ0v) is 18.2. The monoisotopic (exact) mass is 440 g/mol. The minimum Gasteiger partial charge on any atom is -0.391 e. The highest BCUT2D eigenvalue weighted by atomic mass is 16.3. The molecule has 2 aliphatic rings. The fourth-order valence-electron chi connectivity index (χ4n) is 4.87. The van der Waals surface area contributed by atoms with E-state index < -0.39 is 0 Å². The lowest BCUT2D eigenvalue weighted by molar-refractivity contribution is 0.0966. The maximum Gasteiger partial charge on any atom is 0.254 e. The van der Waals surface area contributed by atoms with E-state index in [0.29, 0.717) is 24.5 Å². The van der Waals surface area contributed by atoms with E-state index in [-0.39, 0.29) is 12.0 Å². The molecule has 8 heteroatoms. The topological polar surface area (TPSA) is 95.3 Å². The van der Waals surface area contributed by atoms with Crippen LogP contribution in [0.3, 0.4) is 0 Å². The van der Waals surface area contributed by atoms with Crippen molar-refractivity contribution in [3.63, 3.8) is 0 Å². The van der Waals surface area contributed by atoms with Gasteiger partial charge < -0.3 is 25.2 Å². The third-order valence-electron chi connectivity index (χ3n) is 6.56. The number of benzene rings is 1. The zero-order valence-electron chi connectivity index (χ0n) is 18.2. The first-order chi connectivity index (χ1) is 16.1. The number of nitrogens with one attached hydrogen (secondary N) is 2. The molecule has 1 amide bonds. The number of aliphatic hydroxyl groups excluding tert-OH is 1. The number of hydrogen-bond acceptors (Lipinski definition) is 6. The highest BCUT2D eigenvalue weighted by Gasteiger charge is 2.27. The fourth-order valence-corrected chi connectivity index (χ4v) is 4.87. The van der Waals surface area contributed by atoms with Gasteiger partial charge in [0, 0.05) is 44.5 Å². The summed E-state index contributed by atoms with van der Waals surface area (Å²) in [5.74, 6) is 0.581. The normalized spacial score (nSPS) is 17.5. The summed E-state index contributed by atoms with van der Waals surface area (Å²) < 4.78 is 2.00. The highest BCUT2D eigenvalue weighted by molar-refractivity contribution is 6.07. The Balaban J connectivity index is 1.35. The number of pyridine rings is 2. The molecule has 1 fully saturated rings. The highest BCUT2D eigenvalue weighted by Crippen LogP contribution is 2.37. The molecule has 1 aromatic carbocycles. The maximum absolute atomic E-state index is 12.8. The summed E-state index contributed by atoms with van der Waals surface area (Å²) in [6.45, 7) is 1.95. The van der Waals surface area contributed by atoms with Gasteiger partial charge in [-0.25, -0.2) is 9.97 Å². The number of amides is 1. The minimum atomic E-state index is -0.278. The average Bonchev–Trinajstić information content (AvgIpc) is 3.54. The Morgan fingerprint density at radius 3 is 2.82 bits per heavy atom. The van der Waals surface area contributed by atoms with Crippen molar-refractivity contribution in [3.8, 4) is 11.1 Å². The summed E-state index contributed by atoms with van der Waals surface area (Å²) >= 11 is 0. The van der Waals surface area contributed by atoms with Crippen LogP contribution in [0.5, 0.6) is 0 Å². The Bertz CT molecular complexity index is 1380. The Hall–Kier alpha value is -3.91. The standard InChI is InChI=1S/C25H24N6O2/c1-30-10-8-19-18(6-9-26-24(19)30)17-3-4-21(23-20(17)13-28-25(23)33)29-22-5-2-15(12-27-22)31-11-7-16(32)14-31/h2-6,8-10,12,16,32H,7,11,13-14H2,1H3,(H,27,29)(H,28,33)/t16-/m1/s1. The molecule has 33 heavy (non-hydrogen) atoms. The van der Waals surface area contributed by atoms with Crippen LogP contribution in [-0.4, -0.2) is 44.7 Å². The third-order valence-corrected chi connectivity index (χ3v) is 6.56. The van der Waals surface area contributed by atoms with E-state index in [1.54, 1.807) is 6.20 Å². The molecule has 5 heterocycles. The van der Waals surface area contributed by atoms with Gasteiger partial charge in [-0.15, -0.1) is 0 Å². The molecule has 0 spiro atoms. The molecule has 1 saturated heterocycles. The number of aliphatic hydroxyl groups is 1. The predicted octanol–water partition coefficient (Wildman–Crippen LogP) is 3.19. The quantitative estimate of drug-likeness (QED) is 0.451. The number of carbonyl (C=O) groups is 1. The lowest BCUT2D eigenvalue weighted by Crippen LogP contribution is -2.21. The second kappa shape index (κ2) is 7.60. The summed E-state index contributed by atoms with van der Waals surface area (Å²) in [6.07, 6.45) is 6.11. The Morgan fingerprint density at radius 2 is 2.03 bits per heavy atom. The molecule has 2 aliphatic heterocycles. The van der Waals surface area contributed by atoms with Gasteiger partial charge in [0.05, 0.1) is 29.2 Å². The number of nitrogens with zero attached hydrogens (tertiary/aromatic N) is 4. The van der Waals surface area contributed by atoms with Crippen molar-refractivity contribution < 1.29 is 9.90 Å². The molecule has 0 saturated carbocycles. The lowest BCUT2D eigenvalue weighted by atomic mass is 9.94. The molecule has 8 nitrogen and oxygen atoms in total. The zero-order chi connectivity index (χ0) is 22.5. The largest absolute Gasteiger partial charge is 0.391 e. The number of rotatable bonds is 4. The minimum absolute atomic E-state index is 0.0876. The maximum atomic E-state index is 12.8. The summed E-state index contributed by atoms with van der Waals surface area (Å²) in [5, 5.41) is 17.1. The van der Waals surface area contributed by atoms with Gasteiger partial charge in [0.25, 0.3) is 5.91 Å². The average molecular weight is 441 g/mol. The molecule has 6 rings (SSSR count). The van der Waals surface area contributed by atoms with Gasteiger partial charge in [-0.05, 0) is 53.4 Å². The van der Waals surface area contributed by atoms with E-state index in [2.05, 4.69) is 37.6 Å². The van der Waals surface area contributed by atoms with Crippen molar-refractivity contribution in [1.29, 1.82) is 0 Å². The van der Waals surface area contributed by atoms with Crippen LogP contribution in [0, 0.1) is 0 Å². The van der Waals surface area contributed by atoms with E-state index in [4.69, 9.17) is 0 Å². The number of aryl methyl sites for hydroxylation is 1. The Kier molecular flexibility index (Phi) is 4.55. The SMILES string of the molecule is Cn1ccc2c(-c3ccc(Nc4ccc(N5CC[C@@H](O)C5)cn4)c4c3CNC4=O)ccnc21. The van der Waals surface area contributed by atoms with Crippen molar-refractivity contribution in [3.05, 3.63) is 66.1 Å². The van der Waals surface area contributed by atoms with Gasteiger partial charge in [-0.2, -0.15) is 0 Å². The summed E-state index contributed by atoms with van der Waals surface area (Å²) in [5.41, 5.74) is 6.36. The Labute approximate surface area is 190 Å². The first-order valence-corrected chi connectivity index (χ1v) is 11.1. The van der Waals surface area contributed by atoms with Crippen LogP contribution in [0.1, 0.15) is 22.3 Å². The summed E-state index contributed by atoms with van der Waals surface area (Å²) in [4.78, 5) is 23.9. The van der Waals surface area contributed by atoms with Gasteiger partial charge in [-0.3, -0.25) is 4.79 Å². The second-order valence-electron chi connectivity index (χ2n) is 8.63. The smallest absolute Gasteiger partial charge is 0.254 e. The van der Waals surface area contributed by atoms with Crippen molar-refractivity contribution in [2.75, 3.05) is 23.3 Å². The number of fused-ring (bicyclic) bond motifs is 2. The van der Waals surface area contributed by atoms with Gasteiger partial charge in [0.15, 0.2) is 0 Å². The van der Waals surface area contributed by atoms with Gasteiger partial charge in [0.1, 0.15) is 11.5 Å². The van der Waals surface area contributed by atoms with Crippen molar-refractivity contribution >= 4 is 34.1 Å². The van der Waals surface area contributed by atoms with Crippen LogP contribution in [-0.2, 0) is 13.6 Å². The molecule has 166 valence electrons. The summed E-state index contributed by atoms with van der Waals surface area (Å²) in [7, 11) is 1.98. The molecule has 3 aromatic heterocycles. The van der Waals surface area contributed by atoms with Gasteiger partial charge in [0.2, 0.25) is 0 Å². The first-order valence-electron chi connectivity index (χ1n) is 11.1. The van der Waals surface area contributed by atoms with Crippen LogP contribution >= 0.6 is 0 Å². The number of carbonyl (C=O) groups excluding carboxylic acids is 1. The van der Waals surface area contributed by atoms with Gasteiger partial charge in [-0.1, -0.05) is 6.07 Å². The van der Waals surface area contributed by atoms with E-state index in [9.17, 15) is 9.90 Å². The molecular weight excluding hydrogens is 416 g/mol. The van der Waals surface area contributed by atoms with Crippen LogP contribution < -0.4 is 15.5 Å². The Morgan fingerprint density at radius 1 is 1.12 bits per heavy atom. The summed E-state index contributed by atoms with van der Waals surface area (Å²) in [6, 6.07) is 12.0. The van der Waals surface area contributed by atoms with Crippen LogP contribution in [0.4, 0.5) is 17.2 Å². The molecule has 0 aliphatic carbocycles. The lowest BCUT2D eigenvalue weighted by Gasteiger charge is -2.18. The van der Waals surface area contributed by atoms with E-state index in [0.717, 1.165) is 52.1 Å². The van der Waals surface area contributed by atoms with Crippen LogP contribution in [0.15, 0.2) is 55.0 Å². The van der Waals surface area contributed by atoms with Crippen molar-refractivity contribution in [2.24, 2.45) is 7.05 Å². The van der Waals surface area contributed by atoms with Gasteiger partial charge >= 0.3 is 0 Å². The molecule has 0 unspecified atom stereocenters. The molecule has 4 aromatic rings. The van der Waals surface area contributed by atoms with E-state index >= 15 is 0 Å². The van der Waals surface area contributed by atoms with Crippen molar-refractivity contribution in [1.82, 2.24) is 19.9 Å². The van der Waals surface area contributed by atoms with E-state index in [1.807, 2.05) is 48.3 Å². The number of anilines is 3. The number of aromatic nitrogens is 3. The first kappa shape index (κ1) is 19.8. The van der Waals surface area contributed by atoms with E-state index in [1.165, 1.54) is 0 Å². The second-order valence-corrected chi connectivity index (χ2v) is 8.63. The molecule has 0 radical (unpaired) electrons. The van der Waals surface area contributed by atoms with Crippen LogP contribution in [0.2, 0.25) is 0 Å². The van der Waals surface area contributed by atoms with Crippen molar-refractivity contribution in [2.45, 2.75) is 19.1 Å². The molecule has 3 N–H and O–H groups in total. The molecular formula is C25H24N6O2. The molecule has 1 atom stereocenters. The number of β-amino-alcohol motifs (C(OH)–C–C–N with tert-alkyl or cyclic N) is 1. The number of hydrogen-bond donors (Lipinski definition) is 3. The fraction of sp³-hybridized carbons (Fsp3) is 0.240. The third kappa shape index (κ3) is 3.30. The van der Waals surface area contributed by atoms with Crippen LogP contribution in [0.25, 0.3) is 22.2 Å².